The van der Waals surface area contributed by atoms with Gasteiger partial charge in [0.05, 0.1) is 36.6 Å². The van der Waals surface area contributed by atoms with E-state index in [4.69, 9.17) is 28.1 Å². The van der Waals surface area contributed by atoms with E-state index in [-0.39, 0.29) is 24.6 Å². The molecule has 46 heavy (non-hydrogen) atoms. The molecule has 10 atom stereocenters. The molecule has 5 heterocycles. The molecule has 11 heteroatoms. The summed E-state index contributed by atoms with van der Waals surface area (Å²) < 4.78 is 36.5. The van der Waals surface area contributed by atoms with Gasteiger partial charge in [-0.15, -0.1) is 0 Å². The predicted molar refractivity (Wildman–Crippen MR) is 157 cm³/mol. The summed E-state index contributed by atoms with van der Waals surface area (Å²) in [4.78, 5) is 54.9. The summed E-state index contributed by atoms with van der Waals surface area (Å²) >= 11 is 0. The number of carbonyl (C=O) groups is 4. The minimum absolute atomic E-state index is 0.00610. The van der Waals surface area contributed by atoms with Crippen LogP contribution in [-0.4, -0.2) is 64.9 Å². The predicted octanol–water partition coefficient (Wildman–Crippen LogP) is 4.08. The van der Waals surface area contributed by atoms with Crippen LogP contribution in [0.5, 0.6) is 5.75 Å². The molecule has 1 aromatic carbocycles. The van der Waals surface area contributed by atoms with Crippen molar-refractivity contribution >= 4 is 29.8 Å². The molecule has 0 amide bonds. The van der Waals surface area contributed by atoms with E-state index in [0.717, 1.165) is 0 Å². The first-order valence-corrected chi connectivity index (χ1v) is 15.7. The maximum absolute atomic E-state index is 15.1. The number of epoxide rings is 1. The van der Waals surface area contributed by atoms with Crippen LogP contribution in [-0.2, 0) is 42.9 Å². The molecule has 0 radical (unpaired) electrons. The molecule has 0 bridgehead atoms. The highest BCUT2D eigenvalue weighted by Crippen LogP contribution is 2.80. The van der Waals surface area contributed by atoms with E-state index in [1.807, 2.05) is 27.7 Å². The van der Waals surface area contributed by atoms with Crippen molar-refractivity contribution in [3.8, 4) is 5.75 Å². The lowest BCUT2D eigenvalue weighted by molar-refractivity contribution is -0.255. The quantitative estimate of drug-likeness (QED) is 0.225. The van der Waals surface area contributed by atoms with E-state index < -0.39 is 81.6 Å². The summed E-state index contributed by atoms with van der Waals surface area (Å²) in [5, 5.41) is 9.63. The average molecular weight is 633 g/mol. The number of hydrogen-bond donors (Lipinski definition) is 1. The smallest absolute Gasteiger partial charge is 0.339 e. The van der Waals surface area contributed by atoms with Crippen LogP contribution in [0, 0.1) is 28.1 Å². The van der Waals surface area contributed by atoms with Crippen LogP contribution in [0.15, 0.2) is 53.4 Å². The standard InChI is InChI=1S/C35H36O11/c1-31(2)26-25(39)28(43-23(37)10-7-18-5-8-20(36)9-6-18)33(4)21(34(26)17-42-24(38)15-22(34)45-31)11-13-32(3)27(19-12-14-41-16-19)44-30(40)29-35(32,33)46-29/h5-10,12,14,16,21-22,26-29,36H,11,13,15,17H2,1-4H3/b10-7-/t21-,22-,26+,27-,28-,29+,32-,33-,34-,35+/m0/s1. The highest BCUT2D eigenvalue weighted by atomic mass is 16.7. The number of ketones is 1. The molecule has 2 aromatic rings. The summed E-state index contributed by atoms with van der Waals surface area (Å²) in [6.07, 6.45) is 3.31. The number of esters is 3. The molecule has 4 saturated heterocycles. The highest BCUT2D eigenvalue weighted by molar-refractivity contribution is 5.96. The molecule has 1 aromatic heterocycles. The Balaban J connectivity index is 1.28. The second-order valence-corrected chi connectivity index (χ2v) is 14.7. The molecule has 2 aliphatic carbocycles. The van der Waals surface area contributed by atoms with Crippen molar-refractivity contribution in [2.45, 2.75) is 82.6 Å². The number of rotatable bonds is 4. The number of benzene rings is 1. The van der Waals surface area contributed by atoms with Gasteiger partial charge in [-0.25, -0.2) is 9.59 Å². The van der Waals surface area contributed by atoms with Gasteiger partial charge in [-0.05, 0) is 62.4 Å². The summed E-state index contributed by atoms with van der Waals surface area (Å²) in [5.74, 6) is -3.09. The van der Waals surface area contributed by atoms with E-state index in [1.54, 1.807) is 30.5 Å². The Morgan fingerprint density at radius 3 is 2.50 bits per heavy atom. The number of ether oxygens (including phenoxy) is 5. The highest BCUT2D eigenvalue weighted by Gasteiger charge is 2.91. The van der Waals surface area contributed by atoms with Gasteiger partial charge in [0.1, 0.15) is 24.1 Å². The second-order valence-electron chi connectivity index (χ2n) is 14.7. The molecule has 11 nitrogen and oxygen atoms in total. The average Bonchev–Trinajstić information content (AvgIpc) is 3.48. The molecule has 6 aliphatic rings. The lowest BCUT2D eigenvalue weighted by atomic mass is 9.36. The topological polar surface area (TPSA) is 151 Å². The number of furan rings is 1. The molecule has 242 valence electrons. The summed E-state index contributed by atoms with van der Waals surface area (Å²) in [5.41, 5.74) is -3.91. The number of fused-ring (bicyclic) bond motifs is 1. The third kappa shape index (κ3) is 3.50. The second kappa shape index (κ2) is 9.32. The zero-order valence-corrected chi connectivity index (χ0v) is 26.0. The molecule has 1 N–H and O–H groups in total. The number of aromatic hydroxyl groups is 1. The SMILES string of the molecule is CC1(C)O[C@H]2CC(=O)OC[C@@]23[C@@H]1C(=O)[C@H](OC(=O)/C=C\c1ccc(O)cc1)[C@]1(C)[C@@H]3CC[C@@]2(C)[C@H](c3ccoc3)OC(=O)[C@H]3O[C@@]312. The van der Waals surface area contributed by atoms with Gasteiger partial charge >= 0.3 is 17.9 Å². The van der Waals surface area contributed by atoms with E-state index >= 15 is 4.79 Å². The largest absolute Gasteiger partial charge is 0.508 e. The Morgan fingerprint density at radius 2 is 1.78 bits per heavy atom. The maximum atomic E-state index is 15.1. The molecular formula is C35H36O11. The van der Waals surface area contributed by atoms with Crippen molar-refractivity contribution in [1.82, 2.24) is 0 Å². The van der Waals surface area contributed by atoms with Gasteiger partial charge in [-0.1, -0.05) is 26.0 Å². The van der Waals surface area contributed by atoms with Crippen molar-refractivity contribution in [2.24, 2.45) is 28.1 Å². The fraction of sp³-hybridized carbons (Fsp3) is 0.543. The van der Waals surface area contributed by atoms with Crippen LogP contribution in [0.2, 0.25) is 0 Å². The fourth-order valence-electron chi connectivity index (χ4n) is 10.6. The third-order valence-electron chi connectivity index (χ3n) is 12.2. The first kappa shape index (κ1) is 29.4. The van der Waals surface area contributed by atoms with Crippen molar-refractivity contribution < 1.29 is 52.4 Å². The van der Waals surface area contributed by atoms with E-state index in [9.17, 15) is 19.5 Å². The Kier molecular flexibility index (Phi) is 5.96. The van der Waals surface area contributed by atoms with Gasteiger partial charge in [0.25, 0.3) is 0 Å². The van der Waals surface area contributed by atoms with Gasteiger partial charge in [0.15, 0.2) is 18.0 Å². The Bertz CT molecular complexity index is 1680. The molecule has 0 unspecified atom stereocenters. The molecule has 6 fully saturated rings. The van der Waals surface area contributed by atoms with Gasteiger partial charge < -0.3 is 33.2 Å². The lowest BCUT2D eigenvalue weighted by Crippen LogP contribution is -2.76. The zero-order chi connectivity index (χ0) is 32.4. The normalized spacial score (nSPS) is 43.3. The van der Waals surface area contributed by atoms with Crippen molar-refractivity contribution in [2.75, 3.05) is 6.61 Å². The lowest BCUT2D eigenvalue weighted by Gasteiger charge is -2.66. The van der Waals surface area contributed by atoms with Gasteiger partial charge in [0.2, 0.25) is 0 Å². The summed E-state index contributed by atoms with van der Waals surface area (Å²) in [6.45, 7) is 7.54. The van der Waals surface area contributed by atoms with Crippen LogP contribution < -0.4 is 0 Å². The van der Waals surface area contributed by atoms with Crippen LogP contribution >= 0.6 is 0 Å². The number of carbonyl (C=O) groups excluding carboxylic acids is 4. The molecule has 2 spiro atoms. The first-order chi connectivity index (χ1) is 21.8. The van der Waals surface area contributed by atoms with E-state index in [1.165, 1.54) is 24.5 Å². The van der Waals surface area contributed by atoms with Crippen LogP contribution in [0.1, 0.15) is 64.2 Å². The van der Waals surface area contributed by atoms with Crippen LogP contribution in [0.25, 0.3) is 6.08 Å². The number of phenols is 1. The number of hydrogen-bond acceptors (Lipinski definition) is 11. The number of phenolic OH excluding ortho intramolecular Hbond substituents is 1. The Labute approximate surface area is 265 Å². The monoisotopic (exact) mass is 632 g/mol. The van der Waals surface area contributed by atoms with Crippen molar-refractivity contribution in [1.29, 1.82) is 0 Å². The Morgan fingerprint density at radius 1 is 1.02 bits per heavy atom. The molecule has 8 rings (SSSR count). The molecular weight excluding hydrogens is 596 g/mol. The molecule has 4 aliphatic heterocycles. The van der Waals surface area contributed by atoms with Crippen LogP contribution in [0.4, 0.5) is 0 Å². The van der Waals surface area contributed by atoms with E-state index in [0.29, 0.717) is 24.0 Å². The minimum Gasteiger partial charge on any atom is -0.508 e. The van der Waals surface area contributed by atoms with Crippen LogP contribution in [0.3, 0.4) is 0 Å². The van der Waals surface area contributed by atoms with Crippen molar-refractivity contribution in [3.63, 3.8) is 0 Å². The van der Waals surface area contributed by atoms with Gasteiger partial charge in [0, 0.05) is 27.9 Å². The van der Waals surface area contributed by atoms with Gasteiger partial charge in [-0.2, -0.15) is 0 Å². The maximum Gasteiger partial charge on any atom is 0.339 e. The fourth-order valence-corrected chi connectivity index (χ4v) is 10.6. The first-order valence-electron chi connectivity index (χ1n) is 15.7. The van der Waals surface area contributed by atoms with E-state index in [2.05, 4.69) is 0 Å². The van der Waals surface area contributed by atoms with Crippen molar-refractivity contribution in [3.05, 3.63) is 60.1 Å². The summed E-state index contributed by atoms with van der Waals surface area (Å²) in [6, 6.07) is 8.05. The number of cyclic esters (lactones) is 2. The van der Waals surface area contributed by atoms with Gasteiger partial charge in [-0.3, -0.25) is 9.59 Å². The Hall–Kier alpha value is -3.96. The number of Topliss-reactive ketones (excluding diaryl/α,β-unsaturated/α-hetero) is 1. The summed E-state index contributed by atoms with van der Waals surface area (Å²) in [7, 11) is 0. The molecule has 2 saturated carbocycles. The minimum atomic E-state index is -1.31. The third-order valence-corrected chi connectivity index (χ3v) is 12.2. The zero-order valence-electron chi connectivity index (χ0n) is 26.0.